The third-order valence-electron chi connectivity index (χ3n) is 12.6. The van der Waals surface area contributed by atoms with Crippen molar-refractivity contribution in [1.82, 2.24) is 0 Å². The predicted octanol–water partition coefficient (Wildman–Crippen LogP) is 14.1. The number of fused-ring (bicyclic) bond motifs is 4. The van der Waals surface area contributed by atoms with Gasteiger partial charge in [-0.25, -0.2) is 0 Å². The van der Waals surface area contributed by atoms with Crippen LogP contribution in [0.3, 0.4) is 0 Å². The number of aromatic hydroxyl groups is 1. The lowest BCUT2D eigenvalue weighted by atomic mass is 9.84. The van der Waals surface area contributed by atoms with Gasteiger partial charge in [0.25, 0.3) is 0 Å². The molecule has 0 spiro atoms. The Bertz CT molecular complexity index is 3090. The van der Waals surface area contributed by atoms with Crippen molar-refractivity contribution in [2.75, 3.05) is 14.1 Å². The first-order valence-corrected chi connectivity index (χ1v) is 21.1. The Morgan fingerprint density at radius 1 is 0.410 bits per heavy atom. The third-order valence-corrected chi connectivity index (χ3v) is 12.6. The molecule has 0 aliphatic heterocycles. The molecule has 0 aromatic heterocycles. The van der Waals surface area contributed by atoms with E-state index in [1.807, 2.05) is 54.6 Å². The molecule has 61 heavy (non-hydrogen) atoms. The van der Waals surface area contributed by atoms with Crippen LogP contribution in [0, 0.1) is 13.8 Å². The van der Waals surface area contributed by atoms with Gasteiger partial charge in [-0.3, -0.25) is 0 Å². The van der Waals surface area contributed by atoms with Gasteiger partial charge in [0.15, 0.2) is 0 Å². The molecule has 0 bridgehead atoms. The van der Waals surface area contributed by atoms with E-state index in [0.29, 0.717) is 23.1 Å². The van der Waals surface area contributed by atoms with Crippen LogP contribution in [-0.2, 0) is 13.1 Å². The number of benzene rings is 10. The molecule has 0 saturated heterocycles. The topological polar surface area (TPSA) is 43.3 Å². The molecule has 0 radical (unpaired) electrons. The van der Waals surface area contributed by atoms with Gasteiger partial charge < -0.3 is 14.7 Å². The van der Waals surface area contributed by atoms with Crippen molar-refractivity contribution in [1.29, 1.82) is 0 Å². The number of hydrogen-bond donors (Lipinski definition) is 1. The number of quaternary nitrogens is 1. The molecule has 10 aromatic carbocycles. The first-order chi connectivity index (χ1) is 29.7. The Labute approximate surface area is 357 Å². The second kappa shape index (κ2) is 15.1. The summed E-state index contributed by atoms with van der Waals surface area (Å²) in [7, 11) is 4.59. The van der Waals surface area contributed by atoms with Gasteiger partial charge >= 0.3 is 0 Å². The molecule has 0 aliphatic carbocycles. The summed E-state index contributed by atoms with van der Waals surface area (Å²) in [6.07, 6.45) is 0. The fourth-order valence-electron chi connectivity index (χ4n) is 9.79. The normalized spacial score (nSPS) is 11.9. The van der Waals surface area contributed by atoms with Crippen molar-refractivity contribution in [3.8, 4) is 56.0 Å². The van der Waals surface area contributed by atoms with E-state index >= 15 is 5.11 Å². The number of nitrogens with zero attached hydrogens (tertiary/aromatic N) is 1. The highest BCUT2D eigenvalue weighted by Crippen LogP contribution is 2.50. The van der Waals surface area contributed by atoms with Crippen molar-refractivity contribution in [3.63, 3.8) is 0 Å². The molecule has 10 rings (SSSR count). The summed E-state index contributed by atoms with van der Waals surface area (Å²) in [6, 6.07) is 62.8. The number of phenolic OH excluding ortho intramolecular Hbond substituents is 1. The maximum absolute atomic E-state index is 15.2. The zero-order valence-corrected chi connectivity index (χ0v) is 35.0. The van der Waals surface area contributed by atoms with Gasteiger partial charge in [0.05, 0.1) is 14.1 Å². The van der Waals surface area contributed by atoms with E-state index in [1.54, 1.807) is 0 Å². The van der Waals surface area contributed by atoms with E-state index in [0.717, 1.165) is 93.2 Å². The molecule has 0 aliphatic rings. The summed E-state index contributed by atoms with van der Waals surface area (Å²) in [4.78, 5) is 0. The number of phenols is 1. The predicted molar refractivity (Wildman–Crippen MR) is 255 cm³/mol. The summed E-state index contributed by atoms with van der Waals surface area (Å²) in [5.41, 5.74) is 11.8. The van der Waals surface area contributed by atoms with E-state index in [2.05, 4.69) is 155 Å². The maximum atomic E-state index is 15.2. The SMILES string of the molecule is Cc1cc2ccccc2c(-c2c([O-])c(-c3ccccc3)cc3ccccc23)c1C[N+](C)(C)Cc1c(C)cc2ccccc2c1-c1c(O)c(-c2ccccc2)cc2ccccc12. The van der Waals surface area contributed by atoms with Crippen LogP contribution >= 0.6 is 0 Å². The lowest BCUT2D eigenvalue weighted by molar-refractivity contribution is -0.916. The molecule has 0 unspecified atom stereocenters. The first kappa shape index (κ1) is 38.0. The van der Waals surface area contributed by atoms with Crippen molar-refractivity contribution in [2.45, 2.75) is 26.9 Å². The van der Waals surface area contributed by atoms with E-state index in [1.165, 1.54) is 11.1 Å². The minimum absolute atomic E-state index is 0.0421. The lowest BCUT2D eigenvalue weighted by Gasteiger charge is -2.34. The Kier molecular flexibility index (Phi) is 9.43. The van der Waals surface area contributed by atoms with Crippen LogP contribution in [0.25, 0.3) is 87.6 Å². The van der Waals surface area contributed by atoms with Crippen LogP contribution in [0.4, 0.5) is 0 Å². The largest absolute Gasteiger partial charge is 0.872 e. The van der Waals surface area contributed by atoms with Crippen molar-refractivity contribution >= 4 is 43.1 Å². The molecule has 0 atom stereocenters. The summed E-state index contributed by atoms with van der Waals surface area (Å²) < 4.78 is 0.597. The van der Waals surface area contributed by atoms with Gasteiger partial charge in [-0.2, -0.15) is 0 Å². The van der Waals surface area contributed by atoms with Gasteiger partial charge in [-0.1, -0.05) is 176 Å². The Balaban J connectivity index is 1.20. The van der Waals surface area contributed by atoms with E-state index in [-0.39, 0.29) is 11.5 Å². The molecule has 0 fully saturated rings. The fourth-order valence-corrected chi connectivity index (χ4v) is 9.79. The maximum Gasteiger partial charge on any atom is 0.131 e. The number of aryl methyl sites for hydroxylation is 2. The van der Waals surface area contributed by atoms with E-state index in [9.17, 15) is 5.11 Å². The minimum atomic E-state index is 0.0421. The zero-order valence-electron chi connectivity index (χ0n) is 35.0. The van der Waals surface area contributed by atoms with Crippen LogP contribution < -0.4 is 5.11 Å². The summed E-state index contributed by atoms with van der Waals surface area (Å²) in [5, 5.41) is 36.3. The average Bonchev–Trinajstić information content (AvgIpc) is 3.28. The Morgan fingerprint density at radius 3 is 1.23 bits per heavy atom. The Hall–Kier alpha value is -7.20. The second-order valence-electron chi connectivity index (χ2n) is 17.2. The summed E-state index contributed by atoms with van der Waals surface area (Å²) >= 11 is 0. The molecule has 0 heterocycles. The molecule has 10 aromatic rings. The van der Waals surface area contributed by atoms with Crippen LogP contribution in [0.1, 0.15) is 22.3 Å². The highest BCUT2D eigenvalue weighted by molar-refractivity contribution is 6.13. The third kappa shape index (κ3) is 6.68. The second-order valence-corrected chi connectivity index (χ2v) is 17.2. The summed E-state index contributed by atoms with van der Waals surface area (Å²) in [5.74, 6) is 0.327. The molecule has 3 nitrogen and oxygen atoms in total. The molecule has 296 valence electrons. The molecule has 3 heteroatoms. The van der Waals surface area contributed by atoms with Gasteiger partial charge in [-0.15, -0.1) is 0 Å². The molecule has 0 amide bonds. The quantitative estimate of drug-likeness (QED) is 0.156. The minimum Gasteiger partial charge on any atom is -0.872 e. The highest BCUT2D eigenvalue weighted by atomic mass is 16.3. The number of rotatable bonds is 8. The molecular formula is C58H47NO2. The molecule has 0 saturated carbocycles. The van der Waals surface area contributed by atoms with Crippen LogP contribution in [-0.4, -0.2) is 23.7 Å². The summed E-state index contributed by atoms with van der Waals surface area (Å²) in [6.45, 7) is 5.75. The monoisotopic (exact) mass is 789 g/mol. The fraction of sp³-hybridized carbons (Fsp3) is 0.103. The smallest absolute Gasteiger partial charge is 0.131 e. The van der Waals surface area contributed by atoms with Gasteiger partial charge in [-0.05, 0) is 108 Å². The van der Waals surface area contributed by atoms with Gasteiger partial charge in [0, 0.05) is 27.8 Å². The van der Waals surface area contributed by atoms with Gasteiger partial charge in [0.2, 0.25) is 0 Å². The van der Waals surface area contributed by atoms with Gasteiger partial charge in [0.1, 0.15) is 18.8 Å². The highest BCUT2D eigenvalue weighted by Gasteiger charge is 2.29. The number of hydrogen-bond acceptors (Lipinski definition) is 2. The zero-order chi connectivity index (χ0) is 41.8. The first-order valence-electron chi connectivity index (χ1n) is 21.1. The van der Waals surface area contributed by atoms with E-state index < -0.39 is 0 Å². The van der Waals surface area contributed by atoms with Crippen molar-refractivity contribution in [2.24, 2.45) is 0 Å². The lowest BCUT2D eigenvalue weighted by Crippen LogP contribution is -2.38. The van der Waals surface area contributed by atoms with Crippen LogP contribution in [0.5, 0.6) is 11.5 Å². The standard InChI is InChI=1S/C58H47NO2/c1-37-31-41-23-11-15-27-45(41)53(55-47-29-17-13-25-43(47)33-49(57(55)60)39-19-7-5-8-20-39)51(37)35-59(3,4)36-52-38(2)32-42-24-12-16-28-46(42)54(52)56-48-30-18-14-26-44(48)34-50(58(56)61)40-21-9-6-10-22-40/h5-34H,35-36H2,1-4H3,(H-,60,61). The Morgan fingerprint density at radius 2 is 0.754 bits per heavy atom. The average molecular weight is 790 g/mol. The van der Waals surface area contributed by atoms with Crippen LogP contribution in [0.15, 0.2) is 182 Å². The van der Waals surface area contributed by atoms with Crippen LogP contribution in [0.2, 0.25) is 0 Å². The molecule has 1 N–H and O–H groups in total. The van der Waals surface area contributed by atoms with E-state index in [4.69, 9.17) is 0 Å². The van der Waals surface area contributed by atoms with Crippen molar-refractivity contribution in [3.05, 3.63) is 204 Å². The van der Waals surface area contributed by atoms with Crippen molar-refractivity contribution < 1.29 is 14.7 Å². The molecular weight excluding hydrogens is 743 g/mol.